The van der Waals surface area contributed by atoms with Crippen LogP contribution in [0.15, 0.2) is 0 Å². The van der Waals surface area contributed by atoms with E-state index in [4.69, 9.17) is 10.2 Å². The molecule has 8 heavy (non-hydrogen) atoms. The minimum absolute atomic E-state index is 0. The normalized spacial score (nSPS) is 2.25. The van der Waals surface area contributed by atoms with Gasteiger partial charge in [-0.25, -0.2) is 0 Å². The van der Waals surface area contributed by atoms with Gasteiger partial charge in [0.05, 0.1) is 0 Å². The Morgan fingerprint density at radius 3 is 0.875 bits per heavy atom. The molecule has 0 spiro atoms. The molecule has 0 aromatic heterocycles. The van der Waals surface area contributed by atoms with Gasteiger partial charge in [0.15, 0.2) is 0 Å². The van der Waals surface area contributed by atoms with Crippen LogP contribution in [-0.2, 0) is 21.7 Å². The monoisotopic (exact) mass is 156 g/mol. The van der Waals surface area contributed by atoms with Gasteiger partial charge in [0.2, 0.25) is 0 Å². The maximum atomic E-state index is 7.00. The summed E-state index contributed by atoms with van der Waals surface area (Å²) in [5.74, 6) is 0. The Balaban J connectivity index is -0.00000000500. The summed E-state index contributed by atoms with van der Waals surface area (Å²) in [7, 11) is 2.00. The van der Waals surface area contributed by atoms with Crippen LogP contribution in [0.5, 0.6) is 0 Å². The van der Waals surface area contributed by atoms with E-state index in [-0.39, 0.29) is 29.1 Å². The quantitative estimate of drug-likeness (QED) is 0.396. The molecule has 0 aliphatic rings. The van der Waals surface area contributed by atoms with Crippen molar-refractivity contribution in [3.05, 3.63) is 14.4 Å². The molecule has 2 N–H and O–H groups in total. The number of hydrogen-bond donors (Lipinski definition) is 2. The topological polar surface area (TPSA) is 40.5 Å². The summed E-state index contributed by atoms with van der Waals surface area (Å²) in [4.78, 5) is 0. The van der Waals surface area contributed by atoms with Crippen LogP contribution in [-0.4, -0.2) is 24.4 Å². The fourth-order valence-corrected chi connectivity index (χ4v) is 0. The summed E-state index contributed by atoms with van der Waals surface area (Å²) in [6, 6.07) is 0. The predicted molar refractivity (Wildman–Crippen MR) is 33.7 cm³/mol. The summed E-state index contributed by atoms with van der Waals surface area (Å²) in [5, 5.41) is 14.0. The van der Waals surface area contributed by atoms with Crippen molar-refractivity contribution in [2.24, 2.45) is 0 Å². The molecule has 0 atom stereocenters. The van der Waals surface area contributed by atoms with E-state index in [0.29, 0.717) is 0 Å². The third-order valence-electron chi connectivity index (χ3n) is 0. The Kier molecular flexibility index (Phi) is 3980. The molecule has 52 valence electrons. The van der Waals surface area contributed by atoms with Crippen molar-refractivity contribution in [3.63, 3.8) is 0 Å². The Morgan fingerprint density at radius 2 is 0.875 bits per heavy atom. The summed E-state index contributed by atoms with van der Waals surface area (Å²) in [6.07, 6.45) is 0. The van der Waals surface area contributed by atoms with Crippen LogP contribution >= 0.6 is 0 Å². The molecule has 0 aromatic carbocycles. The van der Waals surface area contributed by atoms with Gasteiger partial charge in [-0.15, -0.1) is 0 Å². The molecule has 0 unspecified atom stereocenters. The Morgan fingerprint density at radius 1 is 0.875 bits per heavy atom. The number of aliphatic hydroxyl groups is 2. The molecule has 0 radical (unpaired) electrons. The van der Waals surface area contributed by atoms with Gasteiger partial charge in [0, 0.05) is 14.2 Å². The molecule has 3 heteroatoms. The van der Waals surface area contributed by atoms with E-state index in [2.05, 4.69) is 6.92 Å². The molecule has 0 aliphatic carbocycles. The van der Waals surface area contributed by atoms with E-state index in [1.807, 2.05) is 0 Å². The molecule has 0 bridgehead atoms. The van der Waals surface area contributed by atoms with Crippen LogP contribution in [0.25, 0.3) is 0 Å². The van der Waals surface area contributed by atoms with Crippen molar-refractivity contribution in [1.82, 2.24) is 0 Å². The van der Waals surface area contributed by atoms with Gasteiger partial charge in [0.25, 0.3) is 0 Å². The first-order valence-electron chi connectivity index (χ1n) is 1.60. The van der Waals surface area contributed by atoms with Crippen molar-refractivity contribution >= 4 is 0 Å². The second-order valence-corrected chi connectivity index (χ2v) is 0. The first kappa shape index (κ1) is 38.1. The Hall–Kier alpha value is 0.634. The van der Waals surface area contributed by atoms with Gasteiger partial charge in [0.1, 0.15) is 0 Å². The summed E-state index contributed by atoms with van der Waals surface area (Å²) >= 11 is 0. The number of aliphatic hydroxyl groups excluding tert-OH is 2. The van der Waals surface area contributed by atoms with Gasteiger partial charge >= 0.3 is 21.7 Å². The predicted octanol–water partition coefficient (Wildman–Crippen LogP) is 0.505. The molecule has 0 rings (SSSR count). The van der Waals surface area contributed by atoms with E-state index >= 15 is 0 Å². The largest absolute Gasteiger partial charge is 2.00 e. The molecule has 2 nitrogen and oxygen atoms in total. The average Bonchev–Trinajstić information content (AvgIpc) is 1.81. The average molecular weight is 156 g/mol. The molecular weight excluding hydrogens is 140 g/mol. The van der Waals surface area contributed by atoms with E-state index in [1.54, 1.807) is 6.92 Å². The summed E-state index contributed by atoms with van der Waals surface area (Å²) < 4.78 is 0. The summed E-state index contributed by atoms with van der Waals surface area (Å²) in [5.41, 5.74) is 0. The molecule has 0 saturated heterocycles. The zero-order valence-corrected chi connectivity index (χ0v) is 7.66. The smallest absolute Gasteiger partial charge is 0.400 e. The minimum Gasteiger partial charge on any atom is -0.400 e. The van der Waals surface area contributed by atoms with E-state index in [1.165, 1.54) is 0 Å². The first-order chi connectivity index (χ1) is 3.00. The molecule has 0 saturated carbocycles. The third-order valence-corrected chi connectivity index (χ3v) is 0. The van der Waals surface area contributed by atoms with Crippen LogP contribution in [0.2, 0.25) is 0 Å². The minimum atomic E-state index is 0. The molecule has 0 heterocycles. The van der Waals surface area contributed by atoms with Crippen molar-refractivity contribution in [3.8, 4) is 0 Å². The van der Waals surface area contributed by atoms with Crippen molar-refractivity contribution in [2.45, 2.75) is 6.92 Å². The van der Waals surface area contributed by atoms with Gasteiger partial charge in [-0.1, -0.05) is 0 Å². The molecular formula is C5H16O2Ti. The maximum Gasteiger partial charge on any atom is 2.00 e. The molecule has 0 aliphatic heterocycles. The van der Waals surface area contributed by atoms with E-state index < -0.39 is 0 Å². The summed E-state index contributed by atoms with van der Waals surface area (Å²) in [6.45, 7) is 5.00. The van der Waals surface area contributed by atoms with Crippen LogP contribution in [0, 0.1) is 14.4 Å². The van der Waals surface area contributed by atoms with Gasteiger partial charge in [-0.2, -0.15) is 6.92 Å². The molecule has 0 amide bonds. The van der Waals surface area contributed by atoms with E-state index in [0.717, 1.165) is 14.2 Å². The molecule has 0 aromatic rings. The van der Waals surface area contributed by atoms with Crippen molar-refractivity contribution in [2.75, 3.05) is 14.2 Å². The number of hydrogen-bond acceptors (Lipinski definition) is 2. The van der Waals surface area contributed by atoms with Crippen molar-refractivity contribution in [1.29, 1.82) is 0 Å². The zero-order valence-electron chi connectivity index (χ0n) is 6.10. The number of rotatable bonds is 0. The van der Waals surface area contributed by atoms with Crippen LogP contribution in [0.4, 0.5) is 0 Å². The van der Waals surface area contributed by atoms with Crippen LogP contribution < -0.4 is 0 Å². The third kappa shape index (κ3) is 523. The van der Waals surface area contributed by atoms with Crippen LogP contribution in [0.1, 0.15) is 6.92 Å². The second kappa shape index (κ2) is 835. The fraction of sp³-hybridized carbons (Fsp3) is 0.600. The molecule has 0 fully saturated rings. The standard InChI is InChI=1S/C2H5.2CH4O.CH3.Ti/c3*1-2;;/h1H2,2H3;2*2H,1H3;1H3;/q-1;;;-1;+2. The van der Waals surface area contributed by atoms with Gasteiger partial charge < -0.3 is 24.6 Å². The Bertz CT molecular complexity index is 10.4. The van der Waals surface area contributed by atoms with Gasteiger partial charge in [-0.3, -0.25) is 0 Å². The fourth-order valence-electron chi connectivity index (χ4n) is 0. The van der Waals surface area contributed by atoms with Crippen molar-refractivity contribution < 1.29 is 31.9 Å². The Labute approximate surface area is 67.8 Å². The first-order valence-corrected chi connectivity index (χ1v) is 1.60. The second-order valence-electron chi connectivity index (χ2n) is 0. The SMILES string of the molecule is CO.CO.[CH2-]C.[CH3-].[Ti+2]. The van der Waals surface area contributed by atoms with E-state index in [9.17, 15) is 0 Å². The maximum absolute atomic E-state index is 7.00. The zero-order chi connectivity index (χ0) is 6.00. The van der Waals surface area contributed by atoms with Gasteiger partial charge in [-0.05, 0) is 0 Å². The van der Waals surface area contributed by atoms with Crippen LogP contribution in [0.3, 0.4) is 0 Å².